The van der Waals surface area contributed by atoms with Gasteiger partial charge in [0, 0.05) is 32.2 Å². The molecule has 4 heteroatoms. The van der Waals surface area contributed by atoms with Gasteiger partial charge in [0.2, 0.25) is 5.91 Å². The van der Waals surface area contributed by atoms with E-state index in [1.165, 1.54) is 0 Å². The van der Waals surface area contributed by atoms with E-state index in [1.54, 1.807) is 7.11 Å². The maximum Gasteiger partial charge on any atom is 0.227 e. The summed E-state index contributed by atoms with van der Waals surface area (Å²) in [5.74, 6) is 0.233. The largest absolute Gasteiger partial charge is 0.383 e. The molecule has 0 fully saturated rings. The Morgan fingerprint density at radius 3 is 2.50 bits per heavy atom. The van der Waals surface area contributed by atoms with Gasteiger partial charge in [0.1, 0.15) is 0 Å². The molecule has 0 spiro atoms. The van der Waals surface area contributed by atoms with E-state index >= 15 is 0 Å². The molecule has 4 nitrogen and oxygen atoms in total. The van der Waals surface area contributed by atoms with Gasteiger partial charge in [0.15, 0.2) is 0 Å². The van der Waals surface area contributed by atoms with Crippen molar-refractivity contribution in [1.29, 1.82) is 0 Å². The summed E-state index contributed by atoms with van der Waals surface area (Å²) in [6.07, 6.45) is 0.974. The zero-order valence-electron chi connectivity index (χ0n) is 11.2. The minimum Gasteiger partial charge on any atom is -0.383 e. The van der Waals surface area contributed by atoms with Gasteiger partial charge in [-0.1, -0.05) is 13.8 Å². The van der Waals surface area contributed by atoms with E-state index in [0.29, 0.717) is 13.2 Å². The number of ether oxygens (including phenoxy) is 1. The zero-order chi connectivity index (χ0) is 12.6. The number of amides is 1. The summed E-state index contributed by atoms with van der Waals surface area (Å²) in [4.78, 5) is 14.1. The van der Waals surface area contributed by atoms with Gasteiger partial charge >= 0.3 is 0 Å². The third kappa shape index (κ3) is 4.94. The van der Waals surface area contributed by atoms with Gasteiger partial charge in [0.25, 0.3) is 0 Å². The second-order valence-corrected chi connectivity index (χ2v) is 4.24. The van der Waals surface area contributed by atoms with E-state index in [0.717, 1.165) is 13.0 Å². The van der Waals surface area contributed by atoms with E-state index in [-0.39, 0.29) is 17.9 Å². The van der Waals surface area contributed by atoms with Crippen LogP contribution in [0.25, 0.3) is 0 Å². The van der Waals surface area contributed by atoms with Crippen LogP contribution in [-0.4, -0.2) is 50.7 Å². The summed E-state index contributed by atoms with van der Waals surface area (Å²) in [6, 6.07) is 0.280. The summed E-state index contributed by atoms with van der Waals surface area (Å²) < 4.78 is 5.05. The first-order chi connectivity index (χ1) is 7.58. The molecule has 2 atom stereocenters. The van der Waals surface area contributed by atoms with Crippen LogP contribution in [0.5, 0.6) is 0 Å². The average molecular weight is 230 g/mol. The fourth-order valence-corrected chi connectivity index (χ4v) is 1.63. The van der Waals surface area contributed by atoms with Crippen molar-refractivity contribution >= 4 is 5.91 Å². The zero-order valence-corrected chi connectivity index (χ0v) is 11.2. The molecule has 2 unspecified atom stereocenters. The first kappa shape index (κ1) is 15.4. The molecule has 1 amide bonds. The number of rotatable bonds is 8. The van der Waals surface area contributed by atoms with Crippen molar-refractivity contribution in [2.24, 2.45) is 5.92 Å². The first-order valence-electron chi connectivity index (χ1n) is 6.02. The van der Waals surface area contributed by atoms with Gasteiger partial charge < -0.3 is 15.0 Å². The molecule has 0 aliphatic heterocycles. The van der Waals surface area contributed by atoms with Crippen molar-refractivity contribution in [3.05, 3.63) is 0 Å². The quantitative estimate of drug-likeness (QED) is 0.679. The van der Waals surface area contributed by atoms with Crippen molar-refractivity contribution in [1.82, 2.24) is 10.2 Å². The van der Waals surface area contributed by atoms with Crippen molar-refractivity contribution < 1.29 is 9.53 Å². The molecular weight excluding hydrogens is 204 g/mol. The number of carbonyl (C=O) groups is 1. The Hall–Kier alpha value is -0.610. The van der Waals surface area contributed by atoms with E-state index in [9.17, 15) is 4.79 Å². The van der Waals surface area contributed by atoms with Crippen LogP contribution in [0.2, 0.25) is 0 Å². The summed E-state index contributed by atoms with van der Waals surface area (Å²) in [6.45, 7) is 8.14. The molecule has 0 rings (SSSR count). The summed E-state index contributed by atoms with van der Waals surface area (Å²) in [5, 5.41) is 3.04. The third-order valence-corrected chi connectivity index (χ3v) is 2.87. The lowest BCUT2D eigenvalue weighted by atomic mass is 10.1. The highest BCUT2D eigenvalue weighted by atomic mass is 16.5. The highest BCUT2D eigenvalue weighted by Crippen LogP contribution is 2.09. The Morgan fingerprint density at radius 1 is 1.44 bits per heavy atom. The van der Waals surface area contributed by atoms with Crippen molar-refractivity contribution in [2.75, 3.05) is 33.9 Å². The maximum atomic E-state index is 12.2. The van der Waals surface area contributed by atoms with Gasteiger partial charge in [-0.05, 0) is 20.4 Å². The molecule has 0 saturated heterocycles. The molecule has 0 radical (unpaired) electrons. The Balaban J connectivity index is 4.42. The molecule has 1 N–H and O–H groups in total. The number of methoxy groups -OCH3 is 1. The highest BCUT2D eigenvalue weighted by Gasteiger charge is 2.23. The Bertz CT molecular complexity index is 197. The van der Waals surface area contributed by atoms with Crippen molar-refractivity contribution in [2.45, 2.75) is 33.2 Å². The number of carbonyl (C=O) groups excluding carboxylic acids is 1. The van der Waals surface area contributed by atoms with E-state index in [1.807, 2.05) is 18.9 Å². The highest BCUT2D eigenvalue weighted by molar-refractivity contribution is 5.79. The van der Waals surface area contributed by atoms with Crippen LogP contribution in [0, 0.1) is 5.92 Å². The molecule has 16 heavy (non-hydrogen) atoms. The molecule has 96 valence electrons. The van der Waals surface area contributed by atoms with Crippen LogP contribution in [0.15, 0.2) is 0 Å². The second-order valence-electron chi connectivity index (χ2n) is 4.24. The Morgan fingerprint density at radius 2 is 2.06 bits per heavy atom. The SMILES string of the molecule is CCC(C)N(CCOC)C(=O)C(C)CNC. The first-order valence-corrected chi connectivity index (χ1v) is 6.02. The smallest absolute Gasteiger partial charge is 0.227 e. The van der Waals surface area contributed by atoms with Crippen molar-refractivity contribution in [3.63, 3.8) is 0 Å². The monoisotopic (exact) mass is 230 g/mol. The molecular formula is C12H26N2O2. The normalized spacial score (nSPS) is 14.6. The number of nitrogens with one attached hydrogen (secondary N) is 1. The summed E-state index contributed by atoms with van der Waals surface area (Å²) in [5.41, 5.74) is 0. The van der Waals surface area contributed by atoms with E-state index in [4.69, 9.17) is 4.74 Å². The molecule has 0 aromatic heterocycles. The molecule has 0 aromatic rings. The van der Waals surface area contributed by atoms with Crippen LogP contribution < -0.4 is 5.32 Å². The van der Waals surface area contributed by atoms with Crippen LogP contribution in [-0.2, 0) is 9.53 Å². The predicted octanol–water partition coefficient (Wildman–Crippen LogP) is 1.12. The number of nitrogens with zero attached hydrogens (tertiary/aromatic N) is 1. The lowest BCUT2D eigenvalue weighted by molar-refractivity contribution is -0.137. The lowest BCUT2D eigenvalue weighted by Crippen LogP contribution is -2.45. The summed E-state index contributed by atoms with van der Waals surface area (Å²) >= 11 is 0. The molecule has 0 saturated carbocycles. The maximum absolute atomic E-state index is 12.2. The van der Waals surface area contributed by atoms with E-state index in [2.05, 4.69) is 19.2 Å². The Labute approximate surface area is 99.3 Å². The van der Waals surface area contributed by atoms with Crippen LogP contribution in [0.4, 0.5) is 0 Å². The topological polar surface area (TPSA) is 41.6 Å². The fourth-order valence-electron chi connectivity index (χ4n) is 1.63. The minimum atomic E-state index is 0.0239. The average Bonchev–Trinajstić information content (AvgIpc) is 2.29. The van der Waals surface area contributed by atoms with Crippen LogP contribution in [0.3, 0.4) is 0 Å². The molecule has 0 aliphatic rings. The molecule has 0 bridgehead atoms. The lowest BCUT2D eigenvalue weighted by Gasteiger charge is -2.30. The van der Waals surface area contributed by atoms with E-state index < -0.39 is 0 Å². The predicted molar refractivity (Wildman–Crippen MR) is 66.4 cm³/mol. The molecule has 0 heterocycles. The second kappa shape index (κ2) is 8.53. The van der Waals surface area contributed by atoms with Crippen molar-refractivity contribution in [3.8, 4) is 0 Å². The van der Waals surface area contributed by atoms with Crippen LogP contribution >= 0.6 is 0 Å². The number of hydrogen-bond acceptors (Lipinski definition) is 3. The van der Waals surface area contributed by atoms with Gasteiger partial charge in [-0.2, -0.15) is 0 Å². The van der Waals surface area contributed by atoms with Crippen LogP contribution in [0.1, 0.15) is 27.2 Å². The standard InChI is InChI=1S/C12H26N2O2/c1-6-11(3)14(7-8-16-5)12(15)10(2)9-13-4/h10-11,13H,6-9H2,1-5H3. The fraction of sp³-hybridized carbons (Fsp3) is 0.917. The van der Waals surface area contributed by atoms with Gasteiger partial charge in [-0.25, -0.2) is 0 Å². The summed E-state index contributed by atoms with van der Waals surface area (Å²) in [7, 11) is 3.53. The number of hydrogen-bond donors (Lipinski definition) is 1. The van der Waals surface area contributed by atoms with Gasteiger partial charge in [-0.3, -0.25) is 4.79 Å². The third-order valence-electron chi connectivity index (χ3n) is 2.87. The molecule has 0 aliphatic carbocycles. The van der Waals surface area contributed by atoms with Gasteiger partial charge in [0.05, 0.1) is 6.61 Å². The minimum absolute atomic E-state index is 0.0239. The Kier molecular flexibility index (Phi) is 8.21. The molecule has 0 aromatic carbocycles. The van der Waals surface area contributed by atoms with Gasteiger partial charge in [-0.15, -0.1) is 0 Å².